The fourth-order valence-corrected chi connectivity index (χ4v) is 4.95. The minimum absolute atomic E-state index is 0.00203. The van der Waals surface area contributed by atoms with E-state index in [1.54, 1.807) is 0 Å². The normalized spacial score (nSPS) is 17.9. The average Bonchev–Trinajstić information content (AvgIpc) is 3.42. The number of nitrogens with two attached hydrogens (primary N) is 1. The number of carbonyl (C=O) groups is 2. The monoisotopic (exact) mass is 658 g/mol. The lowest BCUT2D eigenvalue weighted by molar-refractivity contribution is -0.148. The highest BCUT2D eigenvalue weighted by Gasteiger charge is 2.41. The van der Waals surface area contributed by atoms with Crippen molar-refractivity contribution in [3.8, 4) is 0 Å². The smallest absolute Gasteiger partial charge is 0.416 e. The fraction of sp³-hybridized carbons (Fsp3) is 0.500. The molecule has 2 aromatic rings. The van der Waals surface area contributed by atoms with E-state index >= 15 is 0 Å². The standard InChI is InChI=1S/C30H36F6N6O4/c1-5-23-11-24(17-42(23)27(45)46-7-6-28(2,3)25(43)44)41(26-39-14-20(15-40-26)19(12-37)13-38-4)16-18-8-21(29(31,32)33)10-22(9-18)30(34,35)36/h8-10,12-15,23-24H,5-7,11,16-17,37H2,1-4H3,(H,43,44)/t23-,24+/m1/s1. The molecule has 2 atom stereocenters. The molecule has 0 aliphatic carbocycles. The summed E-state index contributed by atoms with van der Waals surface area (Å²) in [7, 11) is 1.53. The molecule has 1 aliphatic rings. The second-order valence-electron chi connectivity index (χ2n) is 11.5. The molecule has 0 saturated carbocycles. The summed E-state index contributed by atoms with van der Waals surface area (Å²) in [6, 6.07) is 0.315. The number of carboxylic acid groups (broad SMARTS) is 1. The Labute approximate surface area is 262 Å². The number of alkyl halides is 6. The van der Waals surface area contributed by atoms with Crippen molar-refractivity contribution in [1.82, 2.24) is 14.9 Å². The molecule has 2 heterocycles. The van der Waals surface area contributed by atoms with Crippen LogP contribution in [0.15, 0.2) is 41.8 Å². The minimum Gasteiger partial charge on any atom is -0.481 e. The summed E-state index contributed by atoms with van der Waals surface area (Å²) < 4.78 is 87.3. The van der Waals surface area contributed by atoms with Gasteiger partial charge < -0.3 is 25.4 Å². The minimum atomic E-state index is -5.04. The van der Waals surface area contributed by atoms with Crippen molar-refractivity contribution < 1.29 is 45.8 Å². The number of amides is 1. The molecule has 0 bridgehead atoms. The Hall–Kier alpha value is -4.37. The fourth-order valence-electron chi connectivity index (χ4n) is 4.95. The highest BCUT2D eigenvalue weighted by atomic mass is 19.4. The van der Waals surface area contributed by atoms with Crippen LogP contribution in [0.3, 0.4) is 0 Å². The Bertz CT molecular complexity index is 1410. The molecule has 0 spiro atoms. The first-order valence-electron chi connectivity index (χ1n) is 14.3. The summed E-state index contributed by atoms with van der Waals surface area (Å²) in [5.41, 5.74) is 2.24. The zero-order valence-electron chi connectivity index (χ0n) is 25.7. The second kappa shape index (κ2) is 14.4. The van der Waals surface area contributed by atoms with Crippen molar-refractivity contribution in [2.24, 2.45) is 16.1 Å². The number of aromatic nitrogens is 2. The number of hydrogen-bond acceptors (Lipinski definition) is 8. The van der Waals surface area contributed by atoms with E-state index in [9.17, 15) is 41.0 Å². The molecule has 10 nitrogen and oxygen atoms in total. The molecule has 16 heteroatoms. The Balaban J connectivity index is 2.00. The first-order chi connectivity index (χ1) is 21.4. The Morgan fingerprint density at radius 3 is 2.17 bits per heavy atom. The molecule has 1 aromatic carbocycles. The van der Waals surface area contributed by atoms with Crippen LogP contribution in [0.25, 0.3) is 5.57 Å². The first-order valence-corrected chi connectivity index (χ1v) is 14.3. The molecular formula is C30H36F6N6O4. The van der Waals surface area contributed by atoms with Crippen LogP contribution in [0.4, 0.5) is 37.1 Å². The van der Waals surface area contributed by atoms with Crippen molar-refractivity contribution in [1.29, 1.82) is 0 Å². The van der Waals surface area contributed by atoms with Crippen LogP contribution in [0.2, 0.25) is 0 Å². The molecule has 0 radical (unpaired) electrons. The third-order valence-electron chi connectivity index (χ3n) is 7.75. The maximum Gasteiger partial charge on any atom is 0.416 e. The van der Waals surface area contributed by atoms with Crippen molar-refractivity contribution in [3.63, 3.8) is 0 Å². The molecule has 1 amide bonds. The number of halogens is 6. The van der Waals surface area contributed by atoms with E-state index in [1.165, 1.54) is 55.5 Å². The van der Waals surface area contributed by atoms with Gasteiger partial charge >= 0.3 is 24.4 Å². The molecular weight excluding hydrogens is 622 g/mol. The third kappa shape index (κ3) is 8.88. The number of aliphatic carboxylic acids is 1. The largest absolute Gasteiger partial charge is 0.481 e. The number of nitrogens with zero attached hydrogens (tertiary/aromatic N) is 5. The van der Waals surface area contributed by atoms with Crippen molar-refractivity contribution >= 4 is 29.8 Å². The van der Waals surface area contributed by atoms with E-state index in [-0.39, 0.29) is 43.6 Å². The maximum atomic E-state index is 13.6. The predicted molar refractivity (Wildman–Crippen MR) is 158 cm³/mol. The number of carboxylic acids is 1. The summed E-state index contributed by atoms with van der Waals surface area (Å²) in [6.07, 6.45) is -4.49. The molecule has 3 N–H and O–H groups in total. The molecule has 1 saturated heterocycles. The molecule has 3 rings (SSSR count). The van der Waals surface area contributed by atoms with Crippen molar-refractivity contribution in [2.75, 3.05) is 25.1 Å². The van der Waals surface area contributed by atoms with Gasteiger partial charge in [-0.1, -0.05) is 6.92 Å². The van der Waals surface area contributed by atoms with Crippen LogP contribution < -0.4 is 10.6 Å². The molecule has 1 fully saturated rings. The van der Waals surface area contributed by atoms with Gasteiger partial charge in [0.2, 0.25) is 5.95 Å². The van der Waals surface area contributed by atoms with Crippen LogP contribution in [-0.2, 0) is 28.4 Å². The number of allylic oxidation sites excluding steroid dienone is 1. The van der Waals surface area contributed by atoms with Crippen LogP contribution in [0, 0.1) is 5.41 Å². The number of aliphatic imine (C=N–C) groups is 1. The number of ether oxygens (including phenoxy) is 1. The third-order valence-corrected chi connectivity index (χ3v) is 7.75. The summed E-state index contributed by atoms with van der Waals surface area (Å²) in [5.74, 6) is -1.06. The van der Waals surface area contributed by atoms with Crippen LogP contribution in [0.5, 0.6) is 0 Å². The molecule has 1 aliphatic heterocycles. The summed E-state index contributed by atoms with van der Waals surface area (Å²) in [4.78, 5) is 40.0. The lowest BCUT2D eigenvalue weighted by Gasteiger charge is -2.30. The van der Waals surface area contributed by atoms with Crippen molar-refractivity contribution in [3.05, 3.63) is 59.0 Å². The van der Waals surface area contributed by atoms with Gasteiger partial charge in [0.15, 0.2) is 0 Å². The van der Waals surface area contributed by atoms with Gasteiger partial charge in [-0.3, -0.25) is 9.79 Å². The Morgan fingerprint density at radius 2 is 1.70 bits per heavy atom. The lowest BCUT2D eigenvalue weighted by atomic mass is 9.90. The quantitative estimate of drug-likeness (QED) is 0.222. The van der Waals surface area contributed by atoms with Crippen molar-refractivity contribution in [2.45, 2.75) is 71.0 Å². The summed E-state index contributed by atoms with van der Waals surface area (Å²) in [6.45, 7) is 4.17. The maximum absolute atomic E-state index is 13.6. The topological polar surface area (TPSA) is 134 Å². The lowest BCUT2D eigenvalue weighted by Crippen LogP contribution is -2.40. The van der Waals surface area contributed by atoms with Gasteiger partial charge in [-0.25, -0.2) is 14.8 Å². The van der Waals surface area contributed by atoms with E-state index < -0.39 is 59.6 Å². The van der Waals surface area contributed by atoms with Gasteiger partial charge in [0.05, 0.1) is 29.2 Å². The van der Waals surface area contributed by atoms with E-state index in [0.29, 0.717) is 29.7 Å². The SMILES string of the molecule is CC[C@@H]1C[C@H](N(Cc2cc(C(F)(F)F)cc(C(F)(F)F)c2)c2ncc(C(C=NC)=CN)cn2)CN1C(=O)OCCC(C)(C)C(=O)O. The van der Waals surface area contributed by atoms with E-state index in [4.69, 9.17) is 10.5 Å². The molecule has 1 aromatic heterocycles. The van der Waals surface area contributed by atoms with Crippen LogP contribution in [0.1, 0.15) is 62.3 Å². The second-order valence-corrected chi connectivity index (χ2v) is 11.5. The summed E-state index contributed by atoms with van der Waals surface area (Å²) in [5, 5.41) is 9.33. The van der Waals surface area contributed by atoms with E-state index in [1.807, 2.05) is 6.92 Å². The van der Waals surface area contributed by atoms with Crippen LogP contribution >= 0.6 is 0 Å². The van der Waals surface area contributed by atoms with E-state index in [0.717, 1.165) is 0 Å². The van der Waals surface area contributed by atoms with Gasteiger partial charge in [0.25, 0.3) is 0 Å². The molecule has 46 heavy (non-hydrogen) atoms. The number of hydrogen-bond donors (Lipinski definition) is 2. The predicted octanol–water partition coefficient (Wildman–Crippen LogP) is 6.01. The molecule has 252 valence electrons. The number of rotatable bonds is 11. The van der Waals surface area contributed by atoms with Crippen LogP contribution in [-0.4, -0.2) is 70.5 Å². The Kier molecular flexibility index (Phi) is 11.3. The average molecular weight is 659 g/mol. The Morgan fingerprint density at radius 1 is 1.11 bits per heavy atom. The number of benzene rings is 1. The number of likely N-dealkylation sites (tertiary alicyclic amines) is 1. The van der Waals surface area contributed by atoms with Gasteiger partial charge in [0, 0.05) is 62.1 Å². The van der Waals surface area contributed by atoms with Gasteiger partial charge in [-0.2, -0.15) is 26.3 Å². The van der Waals surface area contributed by atoms with E-state index in [2.05, 4.69) is 15.0 Å². The zero-order valence-corrected chi connectivity index (χ0v) is 25.7. The zero-order chi connectivity index (χ0) is 34.4. The highest BCUT2D eigenvalue weighted by Crippen LogP contribution is 2.37. The van der Waals surface area contributed by atoms with Gasteiger partial charge in [0.1, 0.15) is 0 Å². The highest BCUT2D eigenvalue weighted by molar-refractivity contribution is 6.09. The summed E-state index contributed by atoms with van der Waals surface area (Å²) >= 11 is 0. The number of carbonyl (C=O) groups excluding carboxylic acids is 1. The first kappa shape index (κ1) is 36.1. The van der Waals surface area contributed by atoms with Gasteiger partial charge in [-0.15, -0.1) is 0 Å². The molecule has 0 unspecified atom stereocenters. The van der Waals surface area contributed by atoms with Gasteiger partial charge in [-0.05, 0) is 56.9 Å². The number of anilines is 1.